The number of ether oxygens (including phenoxy) is 1. The Morgan fingerprint density at radius 2 is 1.86 bits per heavy atom. The van der Waals surface area contributed by atoms with E-state index in [1.807, 2.05) is 0 Å². The van der Waals surface area contributed by atoms with Crippen molar-refractivity contribution in [3.8, 4) is 11.5 Å². The molecule has 1 heterocycles. The molecule has 0 aliphatic carbocycles. The zero-order chi connectivity index (χ0) is 16.0. The number of hydrogen-bond donors (Lipinski definition) is 2. The van der Waals surface area contributed by atoms with Crippen molar-refractivity contribution in [2.75, 3.05) is 5.32 Å². The number of carboxylic acids is 1. The SMILES string of the molecule is O=C(O)c1cc([N+](=O)[O-])cc2c1Nc1cc(Cl)c(Cl)cc1O2. The van der Waals surface area contributed by atoms with Crippen LogP contribution in [0.2, 0.25) is 10.0 Å². The van der Waals surface area contributed by atoms with Gasteiger partial charge in [0.15, 0.2) is 11.5 Å². The standard InChI is InChI=1S/C13H6Cl2N2O5/c14-7-3-9-10(4-8(7)15)22-11-2-5(17(20)21)1-6(13(18)19)12(11)16-9/h1-4,16H,(H,18,19). The van der Waals surface area contributed by atoms with Crippen LogP contribution in [0.15, 0.2) is 24.3 Å². The normalized spacial score (nSPS) is 11.7. The summed E-state index contributed by atoms with van der Waals surface area (Å²) in [5.74, 6) is -1.00. The van der Waals surface area contributed by atoms with Crippen molar-refractivity contribution in [1.82, 2.24) is 0 Å². The quantitative estimate of drug-likeness (QED) is 0.527. The summed E-state index contributed by atoms with van der Waals surface area (Å²) in [7, 11) is 0. The van der Waals surface area contributed by atoms with Crippen LogP contribution in [0.5, 0.6) is 11.5 Å². The van der Waals surface area contributed by atoms with Gasteiger partial charge in [-0.15, -0.1) is 0 Å². The average molecular weight is 341 g/mol. The van der Waals surface area contributed by atoms with E-state index < -0.39 is 10.9 Å². The Bertz CT molecular complexity index is 838. The number of non-ortho nitro benzene ring substituents is 1. The molecule has 2 aromatic carbocycles. The molecule has 0 unspecified atom stereocenters. The van der Waals surface area contributed by atoms with Crippen LogP contribution in [0, 0.1) is 10.1 Å². The molecule has 1 aliphatic rings. The second kappa shape index (κ2) is 5.04. The molecule has 1 aliphatic heterocycles. The van der Waals surface area contributed by atoms with Crippen LogP contribution in [0.4, 0.5) is 17.1 Å². The van der Waals surface area contributed by atoms with Gasteiger partial charge in [-0.1, -0.05) is 23.2 Å². The van der Waals surface area contributed by atoms with Crippen molar-refractivity contribution >= 4 is 46.2 Å². The largest absolute Gasteiger partial charge is 0.478 e. The number of hydrogen-bond acceptors (Lipinski definition) is 5. The van der Waals surface area contributed by atoms with E-state index >= 15 is 0 Å². The molecule has 3 rings (SSSR count). The zero-order valence-electron chi connectivity index (χ0n) is 10.6. The fourth-order valence-electron chi connectivity index (χ4n) is 2.05. The number of nitro groups is 1. The molecular formula is C13H6Cl2N2O5. The highest BCUT2D eigenvalue weighted by Crippen LogP contribution is 2.47. The minimum Gasteiger partial charge on any atom is -0.478 e. The molecule has 0 fully saturated rings. The lowest BCUT2D eigenvalue weighted by Gasteiger charge is -2.23. The van der Waals surface area contributed by atoms with Gasteiger partial charge in [-0.2, -0.15) is 0 Å². The van der Waals surface area contributed by atoms with Crippen LogP contribution in [0.3, 0.4) is 0 Å². The van der Waals surface area contributed by atoms with Gasteiger partial charge in [0.05, 0.1) is 38.0 Å². The second-order valence-corrected chi connectivity index (χ2v) is 5.23. The van der Waals surface area contributed by atoms with Crippen molar-refractivity contribution < 1.29 is 19.6 Å². The van der Waals surface area contributed by atoms with Crippen LogP contribution in [-0.4, -0.2) is 16.0 Å². The van der Waals surface area contributed by atoms with E-state index in [4.69, 9.17) is 27.9 Å². The number of anilines is 2. The van der Waals surface area contributed by atoms with Crippen LogP contribution in [0.1, 0.15) is 10.4 Å². The fourth-order valence-corrected chi connectivity index (χ4v) is 2.37. The number of nitro benzene ring substituents is 1. The van der Waals surface area contributed by atoms with Gasteiger partial charge in [-0.25, -0.2) is 4.79 Å². The van der Waals surface area contributed by atoms with Crippen LogP contribution in [-0.2, 0) is 0 Å². The summed E-state index contributed by atoms with van der Waals surface area (Å²) in [5.41, 5.74) is -0.135. The highest BCUT2D eigenvalue weighted by atomic mass is 35.5. The predicted octanol–water partition coefficient (Wildman–Crippen LogP) is 4.45. The molecular weight excluding hydrogens is 335 g/mol. The smallest absolute Gasteiger partial charge is 0.338 e. The molecule has 2 N–H and O–H groups in total. The first-order valence-electron chi connectivity index (χ1n) is 5.86. The average Bonchev–Trinajstić information content (AvgIpc) is 2.45. The lowest BCUT2D eigenvalue weighted by Crippen LogP contribution is -2.10. The van der Waals surface area contributed by atoms with Gasteiger partial charge in [0.2, 0.25) is 0 Å². The minimum atomic E-state index is -1.32. The fraction of sp³-hybridized carbons (Fsp3) is 0. The predicted molar refractivity (Wildman–Crippen MR) is 79.9 cm³/mol. The number of halogens is 2. The second-order valence-electron chi connectivity index (χ2n) is 4.42. The van der Waals surface area contributed by atoms with Crippen molar-refractivity contribution in [1.29, 1.82) is 0 Å². The number of carbonyl (C=O) groups is 1. The molecule has 0 saturated heterocycles. The third-order valence-electron chi connectivity index (χ3n) is 3.03. The van der Waals surface area contributed by atoms with Crippen molar-refractivity contribution in [3.63, 3.8) is 0 Å². The topological polar surface area (TPSA) is 102 Å². The Hall–Kier alpha value is -2.51. The third-order valence-corrected chi connectivity index (χ3v) is 3.75. The van der Waals surface area contributed by atoms with Crippen molar-refractivity contribution in [3.05, 3.63) is 50.0 Å². The van der Waals surface area contributed by atoms with Crippen LogP contribution in [0.25, 0.3) is 0 Å². The molecule has 0 bridgehead atoms. The number of rotatable bonds is 2. The van der Waals surface area contributed by atoms with Gasteiger partial charge in [0, 0.05) is 12.1 Å². The Kier molecular flexibility index (Phi) is 3.31. The first-order chi connectivity index (χ1) is 10.4. The van der Waals surface area contributed by atoms with Gasteiger partial charge < -0.3 is 15.2 Å². The molecule has 7 nitrogen and oxygen atoms in total. The Morgan fingerprint density at radius 3 is 2.50 bits per heavy atom. The molecule has 0 atom stereocenters. The van der Waals surface area contributed by atoms with E-state index in [1.54, 1.807) is 0 Å². The highest BCUT2D eigenvalue weighted by Gasteiger charge is 2.27. The Balaban J connectivity index is 2.19. The number of fused-ring (bicyclic) bond motifs is 2. The van der Waals surface area contributed by atoms with Crippen molar-refractivity contribution in [2.45, 2.75) is 0 Å². The van der Waals surface area contributed by atoms with E-state index in [-0.39, 0.29) is 32.7 Å². The number of aromatic carboxylic acids is 1. The van der Waals surface area contributed by atoms with E-state index in [9.17, 15) is 20.0 Å². The first-order valence-corrected chi connectivity index (χ1v) is 6.62. The molecule has 0 aromatic heterocycles. The third kappa shape index (κ3) is 2.30. The molecule has 0 radical (unpaired) electrons. The lowest BCUT2D eigenvalue weighted by molar-refractivity contribution is -0.384. The van der Waals surface area contributed by atoms with Crippen LogP contribution < -0.4 is 10.1 Å². The summed E-state index contributed by atoms with van der Waals surface area (Å²) in [6.45, 7) is 0. The number of benzene rings is 2. The summed E-state index contributed by atoms with van der Waals surface area (Å²) >= 11 is 11.8. The zero-order valence-corrected chi connectivity index (χ0v) is 12.1. The molecule has 2 aromatic rings. The molecule has 9 heteroatoms. The number of nitrogens with zero attached hydrogens (tertiary/aromatic N) is 1. The summed E-state index contributed by atoms with van der Waals surface area (Å²) in [5, 5.41) is 23.5. The lowest BCUT2D eigenvalue weighted by atomic mass is 10.1. The van der Waals surface area contributed by atoms with Gasteiger partial charge >= 0.3 is 5.97 Å². The minimum absolute atomic E-state index is 0.0255. The monoisotopic (exact) mass is 340 g/mol. The van der Waals surface area contributed by atoms with Crippen molar-refractivity contribution in [2.24, 2.45) is 0 Å². The van der Waals surface area contributed by atoms with E-state index in [0.717, 1.165) is 12.1 Å². The molecule has 22 heavy (non-hydrogen) atoms. The molecule has 0 spiro atoms. The van der Waals surface area contributed by atoms with E-state index in [2.05, 4.69) is 5.32 Å². The Morgan fingerprint density at radius 1 is 1.18 bits per heavy atom. The van der Waals surface area contributed by atoms with E-state index in [1.165, 1.54) is 12.1 Å². The van der Waals surface area contributed by atoms with Crippen LogP contribution >= 0.6 is 23.2 Å². The van der Waals surface area contributed by atoms with Gasteiger partial charge in [0.25, 0.3) is 5.69 Å². The maximum absolute atomic E-state index is 11.3. The summed E-state index contributed by atoms with van der Waals surface area (Å²) in [6, 6.07) is 5.02. The maximum Gasteiger partial charge on any atom is 0.338 e. The highest BCUT2D eigenvalue weighted by molar-refractivity contribution is 6.42. The number of nitrogens with one attached hydrogen (secondary N) is 1. The summed E-state index contributed by atoms with van der Waals surface area (Å²) in [4.78, 5) is 21.5. The van der Waals surface area contributed by atoms with Gasteiger partial charge in [-0.05, 0) is 6.07 Å². The van der Waals surface area contributed by atoms with Gasteiger partial charge in [0.1, 0.15) is 0 Å². The summed E-state index contributed by atoms with van der Waals surface area (Å²) in [6.07, 6.45) is 0. The number of carboxylic acid groups (broad SMARTS) is 1. The maximum atomic E-state index is 11.3. The Labute approximate surface area is 133 Å². The molecule has 0 amide bonds. The molecule has 0 saturated carbocycles. The van der Waals surface area contributed by atoms with Gasteiger partial charge in [-0.3, -0.25) is 10.1 Å². The summed E-state index contributed by atoms with van der Waals surface area (Å²) < 4.78 is 5.52. The first kappa shape index (κ1) is 14.4. The van der Waals surface area contributed by atoms with E-state index in [0.29, 0.717) is 11.4 Å². The molecule has 112 valence electrons.